The molecule has 2 atom stereocenters. The van der Waals surface area contributed by atoms with E-state index in [9.17, 15) is 0 Å². The first-order chi connectivity index (χ1) is 10.9. The summed E-state index contributed by atoms with van der Waals surface area (Å²) in [5, 5.41) is 0. The molecule has 1 nitrogen and oxygen atoms in total. The maximum atomic E-state index is 5.71. The molecule has 0 N–H and O–H groups in total. The topological polar surface area (TPSA) is 12.5 Å². The molecule has 0 aromatic rings. The zero-order valence-electron chi connectivity index (χ0n) is 15.2. The molecule has 0 saturated carbocycles. The van der Waals surface area contributed by atoms with E-state index in [0.717, 1.165) is 12.8 Å². The molecule has 1 heteroatoms. The molecule has 0 spiro atoms. The molecule has 1 aliphatic heterocycles. The number of rotatable bonds is 14. The lowest BCUT2D eigenvalue weighted by atomic mass is 10.0. The summed E-state index contributed by atoms with van der Waals surface area (Å²) in [6.07, 6.45) is 20.8. The van der Waals surface area contributed by atoms with E-state index in [1.165, 1.54) is 83.5 Å². The smallest absolute Gasteiger partial charge is 0.0950 e. The van der Waals surface area contributed by atoms with Crippen molar-refractivity contribution in [2.24, 2.45) is 0 Å². The van der Waals surface area contributed by atoms with Crippen molar-refractivity contribution in [3.05, 3.63) is 0 Å². The van der Waals surface area contributed by atoms with Gasteiger partial charge in [-0.1, -0.05) is 84.5 Å². The Morgan fingerprint density at radius 1 is 0.636 bits per heavy atom. The zero-order chi connectivity index (χ0) is 15.9. The summed E-state index contributed by atoms with van der Waals surface area (Å²) in [6.45, 7) is 4.52. The lowest BCUT2D eigenvalue weighted by Gasteiger charge is -2.01. The van der Waals surface area contributed by atoms with E-state index in [1.54, 1.807) is 0 Å². The first-order valence-electron chi connectivity index (χ1n) is 9.99. The Labute approximate surface area is 139 Å². The SMILES string of the molecule is CCCCCC#CC[C@@H]1O[C@@H]1CCCCCCCCCCC. The van der Waals surface area contributed by atoms with E-state index in [0.29, 0.717) is 12.2 Å². The molecule has 128 valence electrons. The van der Waals surface area contributed by atoms with Crippen molar-refractivity contribution < 1.29 is 4.74 Å². The van der Waals surface area contributed by atoms with Gasteiger partial charge in [0.05, 0.1) is 12.2 Å². The molecule has 0 bridgehead atoms. The van der Waals surface area contributed by atoms with Crippen LogP contribution < -0.4 is 0 Å². The highest BCUT2D eigenvalue weighted by Crippen LogP contribution is 2.29. The molecular formula is C21H38O. The number of unbranched alkanes of at least 4 members (excludes halogenated alkanes) is 11. The maximum absolute atomic E-state index is 5.71. The Morgan fingerprint density at radius 2 is 1.23 bits per heavy atom. The van der Waals surface area contributed by atoms with Crippen LogP contribution in [0.4, 0.5) is 0 Å². The maximum Gasteiger partial charge on any atom is 0.0950 e. The summed E-state index contributed by atoms with van der Waals surface area (Å²) in [7, 11) is 0. The molecule has 22 heavy (non-hydrogen) atoms. The van der Waals surface area contributed by atoms with Crippen molar-refractivity contribution in [2.45, 2.75) is 122 Å². The van der Waals surface area contributed by atoms with Gasteiger partial charge in [0.25, 0.3) is 0 Å². The van der Waals surface area contributed by atoms with Gasteiger partial charge in [-0.25, -0.2) is 0 Å². The predicted octanol–water partition coefficient (Wildman–Crippen LogP) is 6.65. The van der Waals surface area contributed by atoms with Gasteiger partial charge in [-0.3, -0.25) is 0 Å². The molecule has 1 fully saturated rings. The summed E-state index contributed by atoms with van der Waals surface area (Å²) in [6, 6.07) is 0. The summed E-state index contributed by atoms with van der Waals surface area (Å²) >= 11 is 0. The molecule has 0 aliphatic carbocycles. The zero-order valence-corrected chi connectivity index (χ0v) is 15.2. The monoisotopic (exact) mass is 306 g/mol. The highest BCUT2D eigenvalue weighted by atomic mass is 16.6. The minimum atomic E-state index is 0.465. The third-order valence-corrected chi connectivity index (χ3v) is 4.61. The van der Waals surface area contributed by atoms with Crippen LogP contribution in [0.25, 0.3) is 0 Å². The van der Waals surface area contributed by atoms with Gasteiger partial charge >= 0.3 is 0 Å². The number of epoxide rings is 1. The molecule has 0 aromatic heterocycles. The van der Waals surface area contributed by atoms with Crippen molar-refractivity contribution in [3.8, 4) is 11.8 Å². The van der Waals surface area contributed by atoms with E-state index >= 15 is 0 Å². The van der Waals surface area contributed by atoms with Gasteiger partial charge in [-0.05, 0) is 12.8 Å². The quantitative estimate of drug-likeness (QED) is 0.199. The average Bonchev–Trinajstić information content (AvgIpc) is 3.27. The van der Waals surface area contributed by atoms with Gasteiger partial charge in [0.15, 0.2) is 0 Å². The number of hydrogen-bond acceptors (Lipinski definition) is 1. The van der Waals surface area contributed by atoms with Crippen LogP contribution in [0, 0.1) is 11.8 Å². The fraction of sp³-hybridized carbons (Fsp3) is 0.905. The molecule has 1 heterocycles. The van der Waals surface area contributed by atoms with Gasteiger partial charge in [-0.2, -0.15) is 0 Å². The van der Waals surface area contributed by atoms with Crippen LogP contribution in [-0.4, -0.2) is 12.2 Å². The van der Waals surface area contributed by atoms with E-state index < -0.39 is 0 Å². The van der Waals surface area contributed by atoms with E-state index in [1.807, 2.05) is 0 Å². The van der Waals surface area contributed by atoms with Gasteiger partial charge in [-0.15, -0.1) is 11.8 Å². The van der Waals surface area contributed by atoms with Crippen LogP contribution in [0.2, 0.25) is 0 Å². The van der Waals surface area contributed by atoms with Gasteiger partial charge in [0.2, 0.25) is 0 Å². The molecule has 1 saturated heterocycles. The average molecular weight is 307 g/mol. The molecule has 0 unspecified atom stereocenters. The van der Waals surface area contributed by atoms with Gasteiger partial charge < -0.3 is 4.74 Å². The normalized spacial score (nSPS) is 19.7. The summed E-state index contributed by atoms with van der Waals surface area (Å²) in [5.74, 6) is 6.58. The van der Waals surface area contributed by atoms with Crippen LogP contribution >= 0.6 is 0 Å². The molecule has 0 radical (unpaired) electrons. The molecule has 0 aromatic carbocycles. The number of ether oxygens (including phenoxy) is 1. The Kier molecular flexibility index (Phi) is 12.6. The molecular weight excluding hydrogens is 268 g/mol. The Hall–Kier alpha value is -0.480. The van der Waals surface area contributed by atoms with Crippen LogP contribution in [0.15, 0.2) is 0 Å². The molecule has 1 aliphatic rings. The molecule has 0 amide bonds. The van der Waals surface area contributed by atoms with Crippen LogP contribution in [-0.2, 0) is 4.74 Å². The summed E-state index contributed by atoms with van der Waals surface area (Å²) < 4.78 is 5.71. The first-order valence-corrected chi connectivity index (χ1v) is 9.99. The number of hydrogen-bond donors (Lipinski definition) is 0. The minimum Gasteiger partial charge on any atom is -0.369 e. The second-order valence-corrected chi connectivity index (χ2v) is 6.84. The van der Waals surface area contributed by atoms with Gasteiger partial charge in [0.1, 0.15) is 0 Å². The van der Waals surface area contributed by atoms with Crippen LogP contribution in [0.1, 0.15) is 110 Å². The summed E-state index contributed by atoms with van der Waals surface area (Å²) in [4.78, 5) is 0. The Bertz CT molecular complexity index is 299. The lowest BCUT2D eigenvalue weighted by molar-refractivity contribution is 0.359. The minimum absolute atomic E-state index is 0.465. The van der Waals surface area contributed by atoms with Gasteiger partial charge in [0, 0.05) is 12.8 Å². The van der Waals surface area contributed by atoms with Crippen molar-refractivity contribution in [3.63, 3.8) is 0 Å². The third-order valence-electron chi connectivity index (χ3n) is 4.61. The third kappa shape index (κ3) is 11.1. The second kappa shape index (κ2) is 14.1. The van der Waals surface area contributed by atoms with E-state index in [-0.39, 0.29) is 0 Å². The predicted molar refractivity (Wildman–Crippen MR) is 97.0 cm³/mol. The highest BCUT2D eigenvalue weighted by molar-refractivity contribution is 5.04. The molecule has 1 rings (SSSR count). The fourth-order valence-corrected chi connectivity index (χ4v) is 2.99. The highest BCUT2D eigenvalue weighted by Gasteiger charge is 2.36. The van der Waals surface area contributed by atoms with E-state index in [2.05, 4.69) is 25.7 Å². The van der Waals surface area contributed by atoms with E-state index in [4.69, 9.17) is 4.74 Å². The Morgan fingerprint density at radius 3 is 1.91 bits per heavy atom. The summed E-state index contributed by atoms with van der Waals surface area (Å²) in [5.41, 5.74) is 0. The van der Waals surface area contributed by atoms with Crippen LogP contribution in [0.5, 0.6) is 0 Å². The fourth-order valence-electron chi connectivity index (χ4n) is 2.99. The Balaban J connectivity index is 1.80. The first kappa shape index (κ1) is 19.6. The van der Waals surface area contributed by atoms with Crippen molar-refractivity contribution in [1.29, 1.82) is 0 Å². The van der Waals surface area contributed by atoms with Crippen LogP contribution in [0.3, 0.4) is 0 Å². The standard InChI is InChI=1S/C21H38O/c1-3-5-7-9-11-12-13-15-17-19-21-20(22-21)18-16-14-10-8-6-4-2/h20-21H,3-13,15,17-19H2,1-2H3/t20-,21+/m0/s1. The van der Waals surface area contributed by atoms with Crippen molar-refractivity contribution >= 4 is 0 Å². The second-order valence-electron chi connectivity index (χ2n) is 6.84. The largest absolute Gasteiger partial charge is 0.369 e. The van der Waals surface area contributed by atoms with Crippen molar-refractivity contribution in [2.75, 3.05) is 0 Å². The lowest BCUT2D eigenvalue weighted by Crippen LogP contribution is -1.93. The van der Waals surface area contributed by atoms with Crippen molar-refractivity contribution in [1.82, 2.24) is 0 Å².